The van der Waals surface area contributed by atoms with Gasteiger partial charge in [-0.1, -0.05) is 99.6 Å². The molecule has 0 aromatic heterocycles. The van der Waals surface area contributed by atoms with Crippen molar-refractivity contribution in [1.82, 2.24) is 10.2 Å². The number of nitrogens with one attached hydrogen (secondary N) is 1. The number of hydrogen-bond donors (Lipinski definition) is 1. The minimum absolute atomic E-state index is 0.0220. The second-order valence-electron chi connectivity index (χ2n) is 14.2. The Morgan fingerprint density at radius 1 is 0.915 bits per heavy atom. The molecule has 1 aliphatic heterocycles. The van der Waals surface area contributed by atoms with Crippen molar-refractivity contribution in [3.63, 3.8) is 0 Å². The van der Waals surface area contributed by atoms with Gasteiger partial charge in [0, 0.05) is 18.9 Å². The summed E-state index contributed by atoms with van der Waals surface area (Å²) in [6.07, 6.45) is 1.42. The molecule has 5 rings (SSSR count). The molecule has 1 aliphatic carbocycles. The van der Waals surface area contributed by atoms with Crippen molar-refractivity contribution >= 4 is 23.9 Å². The van der Waals surface area contributed by atoms with Gasteiger partial charge in [0.15, 0.2) is 5.54 Å². The Morgan fingerprint density at radius 2 is 1.51 bits per heavy atom. The van der Waals surface area contributed by atoms with Crippen LogP contribution in [0.5, 0.6) is 0 Å². The number of aliphatic imine (C=N–C) groups is 1. The molecule has 3 aromatic rings. The van der Waals surface area contributed by atoms with Gasteiger partial charge in [0.2, 0.25) is 5.96 Å². The molecule has 0 saturated heterocycles. The minimum atomic E-state index is -1.15. The average molecular weight is 638 g/mol. The zero-order valence-corrected chi connectivity index (χ0v) is 28.4. The van der Waals surface area contributed by atoms with Crippen molar-refractivity contribution in [3.05, 3.63) is 95.6 Å². The molecule has 0 unspecified atom stereocenters. The summed E-state index contributed by atoms with van der Waals surface area (Å²) in [7, 11) is 0. The summed E-state index contributed by atoms with van der Waals surface area (Å²) < 4.78 is 11.3. The van der Waals surface area contributed by atoms with Crippen LogP contribution in [0, 0.1) is 11.8 Å². The highest BCUT2D eigenvalue weighted by molar-refractivity contribution is 6.11. The smallest absolute Gasteiger partial charge is 0.414 e. The average Bonchev–Trinajstić information content (AvgIpc) is 3.47. The Bertz CT molecular complexity index is 1580. The van der Waals surface area contributed by atoms with Crippen LogP contribution in [0.2, 0.25) is 0 Å². The molecule has 8 heteroatoms. The Hall–Kier alpha value is -4.46. The molecule has 0 fully saturated rings. The predicted molar refractivity (Wildman–Crippen MR) is 184 cm³/mol. The number of esters is 1. The van der Waals surface area contributed by atoms with Gasteiger partial charge >= 0.3 is 12.1 Å². The number of fused-ring (bicyclic) bond motifs is 3. The van der Waals surface area contributed by atoms with Crippen molar-refractivity contribution in [3.8, 4) is 11.1 Å². The van der Waals surface area contributed by atoms with E-state index < -0.39 is 17.2 Å². The number of hydrogen-bond acceptors (Lipinski definition) is 6. The van der Waals surface area contributed by atoms with E-state index in [1.807, 2.05) is 61.5 Å². The van der Waals surface area contributed by atoms with E-state index in [2.05, 4.69) is 43.4 Å². The SMILES string of the molecule is CC(C)C[C@]1(c2ccccc2)N=C(NC(=O)OC(C)(C)C)N(CCC[C@H](C)CC(=O)OCC2c3ccccc3-c3ccccc32)C1=O. The third kappa shape index (κ3) is 7.75. The first-order chi connectivity index (χ1) is 22.4. The molecule has 8 nitrogen and oxygen atoms in total. The lowest BCUT2D eigenvalue weighted by Crippen LogP contribution is -2.47. The number of ether oxygens (including phenoxy) is 2. The van der Waals surface area contributed by atoms with Crippen LogP contribution in [-0.2, 0) is 24.6 Å². The van der Waals surface area contributed by atoms with Gasteiger partial charge in [0.05, 0.1) is 0 Å². The summed E-state index contributed by atoms with van der Waals surface area (Å²) >= 11 is 0. The van der Waals surface area contributed by atoms with Crippen LogP contribution in [0.3, 0.4) is 0 Å². The number of alkyl carbamates (subject to hydrolysis) is 1. The lowest BCUT2D eigenvalue weighted by Gasteiger charge is -2.28. The Kier molecular flexibility index (Phi) is 10.2. The van der Waals surface area contributed by atoms with Crippen LogP contribution >= 0.6 is 0 Å². The van der Waals surface area contributed by atoms with Crippen molar-refractivity contribution in [2.75, 3.05) is 13.2 Å². The van der Waals surface area contributed by atoms with E-state index >= 15 is 0 Å². The first-order valence-corrected chi connectivity index (χ1v) is 16.7. The van der Waals surface area contributed by atoms with Gasteiger partial charge in [-0.25, -0.2) is 9.79 Å². The molecule has 2 amide bonds. The van der Waals surface area contributed by atoms with Gasteiger partial charge in [0.25, 0.3) is 5.91 Å². The highest BCUT2D eigenvalue weighted by Gasteiger charge is 2.50. The number of rotatable bonds is 11. The third-order valence-electron chi connectivity index (χ3n) is 8.69. The van der Waals surface area contributed by atoms with Gasteiger partial charge < -0.3 is 9.47 Å². The zero-order valence-electron chi connectivity index (χ0n) is 28.4. The Morgan fingerprint density at radius 3 is 2.11 bits per heavy atom. The molecule has 2 atom stereocenters. The maximum atomic E-state index is 14.2. The molecular formula is C39H47N3O5. The van der Waals surface area contributed by atoms with Crippen LogP contribution in [0.25, 0.3) is 11.1 Å². The van der Waals surface area contributed by atoms with Gasteiger partial charge in [-0.2, -0.15) is 0 Å². The maximum absolute atomic E-state index is 14.2. The number of amides is 2. The topological polar surface area (TPSA) is 97.3 Å². The molecule has 0 bridgehead atoms. The minimum Gasteiger partial charge on any atom is -0.465 e. The highest BCUT2D eigenvalue weighted by atomic mass is 16.6. The van der Waals surface area contributed by atoms with Crippen LogP contribution in [0.15, 0.2) is 83.9 Å². The van der Waals surface area contributed by atoms with Crippen molar-refractivity contribution < 1.29 is 23.9 Å². The largest absolute Gasteiger partial charge is 0.465 e. The summed E-state index contributed by atoms with van der Waals surface area (Å²) in [5, 5.41) is 2.76. The molecular weight excluding hydrogens is 590 g/mol. The molecule has 1 heterocycles. The van der Waals surface area contributed by atoms with E-state index in [4.69, 9.17) is 14.5 Å². The van der Waals surface area contributed by atoms with E-state index in [1.54, 1.807) is 25.7 Å². The summed E-state index contributed by atoms with van der Waals surface area (Å²) in [5.41, 5.74) is 3.70. The van der Waals surface area contributed by atoms with Crippen molar-refractivity contribution in [2.24, 2.45) is 16.8 Å². The van der Waals surface area contributed by atoms with Gasteiger partial charge in [-0.3, -0.25) is 19.8 Å². The Labute approximate surface area is 278 Å². The van der Waals surface area contributed by atoms with E-state index in [1.165, 1.54) is 22.3 Å². The first-order valence-electron chi connectivity index (χ1n) is 16.7. The van der Waals surface area contributed by atoms with E-state index in [0.29, 0.717) is 32.4 Å². The molecule has 248 valence electrons. The van der Waals surface area contributed by atoms with Crippen LogP contribution in [-0.4, -0.2) is 47.6 Å². The van der Waals surface area contributed by atoms with Gasteiger partial charge in [-0.15, -0.1) is 0 Å². The van der Waals surface area contributed by atoms with E-state index in [-0.39, 0.29) is 42.0 Å². The fraction of sp³-hybridized carbons (Fsp3) is 0.436. The fourth-order valence-corrected chi connectivity index (χ4v) is 6.71. The molecule has 0 spiro atoms. The summed E-state index contributed by atoms with van der Waals surface area (Å²) in [4.78, 5) is 46.5. The Balaban J connectivity index is 1.22. The van der Waals surface area contributed by atoms with Gasteiger partial charge in [0.1, 0.15) is 12.2 Å². The first kappa shape index (κ1) is 33.9. The lowest BCUT2D eigenvalue weighted by atomic mass is 9.82. The molecule has 47 heavy (non-hydrogen) atoms. The zero-order chi connectivity index (χ0) is 33.8. The van der Waals surface area contributed by atoms with Crippen molar-refractivity contribution in [1.29, 1.82) is 0 Å². The number of carbonyl (C=O) groups is 3. The number of carbonyl (C=O) groups excluding carboxylic acids is 3. The second kappa shape index (κ2) is 14.1. The molecule has 0 radical (unpaired) electrons. The van der Waals surface area contributed by atoms with Crippen LogP contribution in [0.1, 0.15) is 89.8 Å². The third-order valence-corrected chi connectivity index (χ3v) is 8.69. The standard InChI is InChI=1S/C39H47N3O5/c1-26(2)24-39(28-16-8-7-9-17-28)35(44)42(36(41-39)40-37(45)47-38(4,5)6)22-14-15-27(3)23-34(43)46-25-33-31-20-12-10-18-29(31)30-19-11-13-21-32(30)33/h7-13,16-21,26-27,33H,14-15,22-25H2,1-6H3,(H,40,41,45)/t27-,39+/m0/s1. The fourth-order valence-electron chi connectivity index (χ4n) is 6.71. The quantitative estimate of drug-likeness (QED) is 0.216. The summed E-state index contributed by atoms with van der Waals surface area (Å²) in [6, 6.07) is 26.1. The van der Waals surface area contributed by atoms with E-state index in [9.17, 15) is 14.4 Å². The van der Waals surface area contributed by atoms with Crippen LogP contribution < -0.4 is 5.32 Å². The molecule has 2 aliphatic rings. The predicted octanol–water partition coefficient (Wildman–Crippen LogP) is 7.81. The molecule has 3 aromatic carbocycles. The number of benzene rings is 3. The summed E-state index contributed by atoms with van der Waals surface area (Å²) in [6.45, 7) is 12.1. The normalized spacial score (nSPS) is 18.1. The number of guanidine groups is 1. The van der Waals surface area contributed by atoms with Crippen molar-refractivity contribution in [2.45, 2.75) is 84.3 Å². The second-order valence-corrected chi connectivity index (χ2v) is 14.2. The summed E-state index contributed by atoms with van der Waals surface area (Å²) in [5.74, 6) is 0.0183. The van der Waals surface area contributed by atoms with E-state index in [0.717, 1.165) is 5.56 Å². The van der Waals surface area contributed by atoms with Crippen LogP contribution in [0.4, 0.5) is 4.79 Å². The molecule has 0 saturated carbocycles. The molecule has 1 N–H and O–H groups in total. The number of nitrogens with zero attached hydrogens (tertiary/aromatic N) is 2. The monoisotopic (exact) mass is 637 g/mol. The maximum Gasteiger partial charge on any atom is 0.414 e. The highest BCUT2D eigenvalue weighted by Crippen LogP contribution is 2.44. The van der Waals surface area contributed by atoms with Gasteiger partial charge in [-0.05, 0) is 79.7 Å². The lowest BCUT2D eigenvalue weighted by molar-refractivity contribution is -0.145.